The summed E-state index contributed by atoms with van der Waals surface area (Å²) in [5, 5.41) is 0. The molecule has 0 aliphatic heterocycles. The first-order valence-corrected chi connectivity index (χ1v) is 5.62. The molecule has 3 N–H and O–H groups in total. The number of nitrogens with two attached hydrogens (primary N) is 1. The molecule has 0 amide bonds. The third-order valence-electron chi connectivity index (χ3n) is 2.34. The second kappa shape index (κ2) is 4.53. The van der Waals surface area contributed by atoms with Crippen molar-refractivity contribution in [2.45, 2.75) is 13.0 Å². The van der Waals surface area contributed by atoms with Gasteiger partial charge in [-0.2, -0.15) is 0 Å². The molecule has 0 saturated carbocycles. The number of thiazole rings is 1. The molecule has 0 saturated heterocycles. The minimum atomic E-state index is 0.0405. The average molecular weight is 219 g/mol. The van der Waals surface area contributed by atoms with E-state index in [1.165, 1.54) is 4.88 Å². The molecule has 3 nitrogen and oxygen atoms in total. The number of nitrogens with one attached hydrogen (secondary N) is 1. The lowest BCUT2D eigenvalue weighted by atomic mass is 10.1. The Balaban J connectivity index is 2.37. The van der Waals surface area contributed by atoms with Gasteiger partial charge in [0.15, 0.2) is 0 Å². The van der Waals surface area contributed by atoms with Gasteiger partial charge in [-0.05, 0) is 12.5 Å². The number of rotatable bonds is 3. The number of aromatic nitrogens is 1. The number of nitrogens with zero attached hydrogens (tertiary/aromatic N) is 1. The zero-order valence-electron chi connectivity index (χ0n) is 8.47. The Morgan fingerprint density at radius 2 is 2.07 bits per heavy atom. The highest BCUT2D eigenvalue weighted by Crippen LogP contribution is 2.26. The summed E-state index contributed by atoms with van der Waals surface area (Å²) in [6.45, 7) is 2.00. The predicted molar refractivity (Wildman–Crippen MR) is 62.5 cm³/mol. The zero-order valence-corrected chi connectivity index (χ0v) is 9.29. The van der Waals surface area contributed by atoms with E-state index >= 15 is 0 Å². The van der Waals surface area contributed by atoms with Crippen LogP contribution in [0.1, 0.15) is 22.2 Å². The number of hydrogen-bond acceptors (Lipinski definition) is 4. The number of aryl methyl sites for hydroxylation is 1. The Morgan fingerprint density at radius 1 is 1.33 bits per heavy atom. The fraction of sp³-hybridized carbons (Fsp3) is 0.182. The maximum atomic E-state index is 5.59. The van der Waals surface area contributed by atoms with Gasteiger partial charge in [0.25, 0.3) is 0 Å². The molecule has 0 aliphatic carbocycles. The highest BCUT2D eigenvalue weighted by atomic mass is 32.1. The van der Waals surface area contributed by atoms with Crippen LogP contribution in [-0.2, 0) is 0 Å². The molecule has 15 heavy (non-hydrogen) atoms. The average Bonchev–Trinajstić information content (AvgIpc) is 2.68. The second-order valence-electron chi connectivity index (χ2n) is 3.31. The number of hydrazine groups is 1. The molecule has 0 spiro atoms. The van der Waals surface area contributed by atoms with Crippen molar-refractivity contribution < 1.29 is 0 Å². The zero-order chi connectivity index (χ0) is 10.7. The summed E-state index contributed by atoms with van der Waals surface area (Å²) in [5.41, 5.74) is 6.87. The highest BCUT2D eigenvalue weighted by Gasteiger charge is 2.15. The lowest BCUT2D eigenvalue weighted by Gasteiger charge is -2.15. The smallest absolute Gasteiger partial charge is 0.0821 e. The van der Waals surface area contributed by atoms with Crippen LogP contribution in [-0.4, -0.2) is 4.98 Å². The first-order valence-electron chi connectivity index (χ1n) is 4.74. The molecule has 1 heterocycles. The van der Waals surface area contributed by atoms with Gasteiger partial charge in [0, 0.05) is 0 Å². The Morgan fingerprint density at radius 3 is 2.60 bits per heavy atom. The summed E-state index contributed by atoms with van der Waals surface area (Å²) in [4.78, 5) is 5.40. The van der Waals surface area contributed by atoms with Gasteiger partial charge in [0.05, 0.1) is 22.1 Å². The van der Waals surface area contributed by atoms with Crippen LogP contribution < -0.4 is 11.3 Å². The van der Waals surface area contributed by atoms with Gasteiger partial charge in [-0.15, -0.1) is 11.3 Å². The molecule has 1 atom stereocenters. The van der Waals surface area contributed by atoms with E-state index in [2.05, 4.69) is 22.5 Å². The van der Waals surface area contributed by atoms with Crippen LogP contribution in [0.3, 0.4) is 0 Å². The van der Waals surface area contributed by atoms with Crippen molar-refractivity contribution in [3.05, 3.63) is 52.0 Å². The van der Waals surface area contributed by atoms with Crippen LogP contribution in [0, 0.1) is 6.92 Å². The summed E-state index contributed by atoms with van der Waals surface area (Å²) in [7, 11) is 0. The van der Waals surface area contributed by atoms with E-state index < -0.39 is 0 Å². The van der Waals surface area contributed by atoms with E-state index in [0.717, 1.165) is 11.3 Å². The summed E-state index contributed by atoms with van der Waals surface area (Å²) in [6, 6.07) is 10.2. The van der Waals surface area contributed by atoms with E-state index in [1.54, 1.807) is 11.3 Å². The van der Waals surface area contributed by atoms with Crippen molar-refractivity contribution in [2.75, 3.05) is 0 Å². The lowest BCUT2D eigenvalue weighted by molar-refractivity contribution is 0.642. The minimum Gasteiger partial charge on any atom is -0.271 e. The quantitative estimate of drug-likeness (QED) is 0.613. The van der Waals surface area contributed by atoms with E-state index in [1.807, 2.05) is 30.6 Å². The van der Waals surface area contributed by atoms with Crippen molar-refractivity contribution in [3.63, 3.8) is 0 Å². The molecule has 1 aromatic heterocycles. The molecule has 78 valence electrons. The predicted octanol–water partition coefficient (Wildman–Crippen LogP) is 2.00. The van der Waals surface area contributed by atoms with Crippen molar-refractivity contribution in [1.29, 1.82) is 0 Å². The number of benzene rings is 1. The topological polar surface area (TPSA) is 50.9 Å². The lowest BCUT2D eigenvalue weighted by Crippen LogP contribution is -2.28. The van der Waals surface area contributed by atoms with Gasteiger partial charge in [-0.3, -0.25) is 5.84 Å². The van der Waals surface area contributed by atoms with Gasteiger partial charge in [0.2, 0.25) is 0 Å². The fourth-order valence-corrected chi connectivity index (χ4v) is 2.44. The van der Waals surface area contributed by atoms with Gasteiger partial charge >= 0.3 is 0 Å². The maximum Gasteiger partial charge on any atom is 0.0821 e. The Kier molecular flexibility index (Phi) is 3.11. The first kappa shape index (κ1) is 10.3. The number of hydrogen-bond donors (Lipinski definition) is 2. The highest BCUT2D eigenvalue weighted by molar-refractivity contribution is 7.09. The molecule has 1 aromatic carbocycles. The second-order valence-corrected chi connectivity index (χ2v) is 4.20. The molecular weight excluding hydrogens is 206 g/mol. The third kappa shape index (κ3) is 2.07. The third-order valence-corrected chi connectivity index (χ3v) is 3.34. The molecule has 1 unspecified atom stereocenters. The molecule has 0 fully saturated rings. The molecule has 2 aromatic rings. The Hall–Kier alpha value is -1.23. The summed E-state index contributed by atoms with van der Waals surface area (Å²) in [5.74, 6) is 5.59. The summed E-state index contributed by atoms with van der Waals surface area (Å²) >= 11 is 1.62. The van der Waals surface area contributed by atoms with Crippen LogP contribution in [0.2, 0.25) is 0 Å². The van der Waals surface area contributed by atoms with Gasteiger partial charge in [-0.1, -0.05) is 30.3 Å². The van der Waals surface area contributed by atoms with E-state index in [9.17, 15) is 0 Å². The maximum absolute atomic E-state index is 5.59. The van der Waals surface area contributed by atoms with Crippen LogP contribution in [0.25, 0.3) is 0 Å². The Labute approximate surface area is 92.9 Å². The molecule has 2 rings (SSSR count). The van der Waals surface area contributed by atoms with E-state index in [-0.39, 0.29) is 6.04 Å². The van der Waals surface area contributed by atoms with Gasteiger partial charge in [0.1, 0.15) is 0 Å². The van der Waals surface area contributed by atoms with Crippen molar-refractivity contribution in [3.8, 4) is 0 Å². The van der Waals surface area contributed by atoms with Crippen molar-refractivity contribution >= 4 is 11.3 Å². The van der Waals surface area contributed by atoms with E-state index in [0.29, 0.717) is 0 Å². The monoisotopic (exact) mass is 219 g/mol. The van der Waals surface area contributed by atoms with E-state index in [4.69, 9.17) is 5.84 Å². The van der Waals surface area contributed by atoms with Crippen LogP contribution in [0.4, 0.5) is 0 Å². The fourth-order valence-electron chi connectivity index (χ4n) is 1.56. The molecule has 0 aliphatic rings. The first-order chi connectivity index (χ1) is 7.33. The van der Waals surface area contributed by atoms with Gasteiger partial charge < -0.3 is 0 Å². The standard InChI is InChI=1S/C11H13N3S/c1-8-11(15-7-13-8)10(14-12)9-5-3-2-4-6-9/h2-7,10,14H,12H2,1H3. The van der Waals surface area contributed by atoms with Crippen LogP contribution in [0.15, 0.2) is 35.8 Å². The minimum absolute atomic E-state index is 0.0405. The Bertz CT molecular complexity index is 424. The SMILES string of the molecule is Cc1ncsc1C(NN)c1ccccc1. The molecular formula is C11H13N3S. The van der Waals surface area contributed by atoms with Crippen LogP contribution >= 0.6 is 11.3 Å². The molecule has 0 bridgehead atoms. The molecule has 0 radical (unpaired) electrons. The molecule has 4 heteroatoms. The van der Waals surface area contributed by atoms with Crippen molar-refractivity contribution in [2.24, 2.45) is 5.84 Å². The van der Waals surface area contributed by atoms with Gasteiger partial charge in [-0.25, -0.2) is 10.4 Å². The summed E-state index contributed by atoms with van der Waals surface area (Å²) in [6.07, 6.45) is 0. The van der Waals surface area contributed by atoms with Crippen molar-refractivity contribution in [1.82, 2.24) is 10.4 Å². The summed E-state index contributed by atoms with van der Waals surface area (Å²) < 4.78 is 0. The largest absolute Gasteiger partial charge is 0.271 e. The normalized spacial score (nSPS) is 12.7. The van der Waals surface area contributed by atoms with Crippen LogP contribution in [0.5, 0.6) is 0 Å².